The van der Waals surface area contributed by atoms with Crippen LogP contribution in [0.5, 0.6) is 5.75 Å². The van der Waals surface area contributed by atoms with Gasteiger partial charge in [-0.3, -0.25) is 4.79 Å². The average molecular weight is 197 g/mol. The number of carbonyl (C=O) groups is 1. The van der Waals surface area contributed by atoms with Crippen molar-refractivity contribution in [1.29, 1.82) is 0 Å². The fourth-order valence-electron chi connectivity index (χ4n) is 1.09. The molecule has 0 spiro atoms. The van der Waals surface area contributed by atoms with E-state index in [1.807, 2.05) is 18.2 Å². The van der Waals surface area contributed by atoms with Crippen molar-refractivity contribution >= 4 is 20.5 Å². The Morgan fingerprint density at radius 3 is 2.77 bits per heavy atom. The maximum absolute atomic E-state index is 10.6. The van der Waals surface area contributed by atoms with Crippen LogP contribution in [0.4, 0.5) is 0 Å². The van der Waals surface area contributed by atoms with E-state index in [9.17, 15) is 4.79 Å². The Bertz CT molecular complexity index is 325. The quantitative estimate of drug-likeness (QED) is 0.705. The number of rotatable bonds is 3. The summed E-state index contributed by atoms with van der Waals surface area (Å²) in [5.41, 5.74) is 5.97. The molecule has 1 unspecified atom stereocenters. The Kier molecular flexibility index (Phi) is 3.26. The Morgan fingerprint density at radius 1 is 1.62 bits per heavy atom. The van der Waals surface area contributed by atoms with Gasteiger partial charge in [-0.05, 0) is 17.7 Å². The second-order valence-corrected chi connectivity index (χ2v) is 3.34. The molecule has 0 radical (unpaired) electrons. The predicted octanol–water partition coefficient (Wildman–Crippen LogP) is 0.223. The number of benzene rings is 1. The van der Waals surface area contributed by atoms with Crippen molar-refractivity contribution in [3.63, 3.8) is 0 Å². The highest BCUT2D eigenvalue weighted by Gasteiger charge is 2.02. The van der Waals surface area contributed by atoms with Crippen LogP contribution in [-0.4, -0.2) is 13.0 Å². The number of primary amides is 1. The lowest BCUT2D eigenvalue weighted by molar-refractivity contribution is -0.117. The first-order valence-corrected chi connectivity index (χ1v) is 4.42. The lowest BCUT2D eigenvalue weighted by Gasteiger charge is -2.05. The van der Waals surface area contributed by atoms with Crippen LogP contribution in [0, 0.1) is 0 Å². The van der Waals surface area contributed by atoms with Crippen LogP contribution in [0.2, 0.25) is 0 Å². The van der Waals surface area contributed by atoms with Gasteiger partial charge >= 0.3 is 0 Å². The molecule has 3 nitrogen and oxygen atoms in total. The van der Waals surface area contributed by atoms with Gasteiger partial charge in [0.05, 0.1) is 13.5 Å². The van der Waals surface area contributed by atoms with E-state index in [0.29, 0.717) is 0 Å². The highest BCUT2D eigenvalue weighted by atomic mass is 31.0. The van der Waals surface area contributed by atoms with Gasteiger partial charge in [0.15, 0.2) is 0 Å². The summed E-state index contributed by atoms with van der Waals surface area (Å²) < 4.78 is 5.07. The van der Waals surface area contributed by atoms with Crippen molar-refractivity contribution in [3.05, 3.63) is 23.8 Å². The van der Waals surface area contributed by atoms with Crippen molar-refractivity contribution in [2.75, 3.05) is 7.11 Å². The highest BCUT2D eigenvalue weighted by molar-refractivity contribution is 7.27. The summed E-state index contributed by atoms with van der Waals surface area (Å²) in [5.74, 6) is 0.466. The molecule has 0 saturated heterocycles. The second kappa shape index (κ2) is 4.24. The minimum Gasteiger partial charge on any atom is -0.496 e. The van der Waals surface area contributed by atoms with Crippen molar-refractivity contribution in [1.82, 2.24) is 0 Å². The van der Waals surface area contributed by atoms with E-state index in [4.69, 9.17) is 10.5 Å². The van der Waals surface area contributed by atoms with Gasteiger partial charge in [-0.2, -0.15) is 0 Å². The molecule has 0 saturated carbocycles. The summed E-state index contributed by atoms with van der Waals surface area (Å²) in [5, 5.41) is 0.932. The highest BCUT2D eigenvalue weighted by Crippen LogP contribution is 2.12. The zero-order valence-corrected chi connectivity index (χ0v) is 8.57. The fraction of sp³-hybridized carbons (Fsp3) is 0.222. The summed E-state index contributed by atoms with van der Waals surface area (Å²) in [4.78, 5) is 10.6. The maximum atomic E-state index is 10.6. The number of nitrogens with two attached hydrogens (primary N) is 1. The number of amides is 1. The van der Waals surface area contributed by atoms with Gasteiger partial charge in [-0.1, -0.05) is 6.07 Å². The largest absolute Gasteiger partial charge is 0.496 e. The Hall–Kier alpha value is -1.08. The molecule has 0 aromatic heterocycles. The first-order chi connectivity index (χ1) is 6.13. The number of hydrogen-bond donors (Lipinski definition) is 1. The fourth-order valence-corrected chi connectivity index (χ4v) is 1.52. The van der Waals surface area contributed by atoms with Crippen LogP contribution in [0.25, 0.3) is 0 Å². The molecule has 0 aliphatic heterocycles. The van der Waals surface area contributed by atoms with E-state index in [1.165, 1.54) is 0 Å². The summed E-state index contributed by atoms with van der Waals surface area (Å²) >= 11 is 0. The van der Waals surface area contributed by atoms with Crippen LogP contribution in [0.3, 0.4) is 0 Å². The molecule has 1 amide bonds. The molecule has 4 heteroatoms. The first kappa shape index (κ1) is 10.0. The van der Waals surface area contributed by atoms with E-state index in [1.54, 1.807) is 7.11 Å². The zero-order chi connectivity index (χ0) is 9.84. The predicted molar refractivity (Wildman–Crippen MR) is 55.2 cm³/mol. The molecule has 0 fully saturated rings. The molecule has 1 aromatic carbocycles. The standard InChI is InChI=1S/C9H12NO2P/c1-12-7-3-2-6(4-8(7)13)5-9(10)11/h2-4H,5,13H2,1H3,(H2,10,11). The number of hydrogen-bond acceptors (Lipinski definition) is 2. The van der Waals surface area contributed by atoms with Gasteiger partial charge in [0.1, 0.15) is 5.75 Å². The molecule has 0 aliphatic rings. The van der Waals surface area contributed by atoms with Gasteiger partial charge in [0, 0.05) is 5.30 Å². The monoisotopic (exact) mass is 197 g/mol. The minimum absolute atomic E-state index is 0.269. The van der Waals surface area contributed by atoms with Gasteiger partial charge < -0.3 is 10.5 Å². The van der Waals surface area contributed by atoms with Crippen LogP contribution in [0.15, 0.2) is 18.2 Å². The van der Waals surface area contributed by atoms with Crippen molar-refractivity contribution < 1.29 is 9.53 Å². The summed E-state index contributed by atoms with van der Waals surface area (Å²) in [6.45, 7) is 0. The third-order valence-corrected chi connectivity index (χ3v) is 2.12. The summed E-state index contributed by atoms with van der Waals surface area (Å²) in [7, 11) is 4.16. The zero-order valence-electron chi connectivity index (χ0n) is 7.41. The Balaban J connectivity index is 2.89. The molecule has 1 aromatic rings. The van der Waals surface area contributed by atoms with Crippen LogP contribution < -0.4 is 15.8 Å². The normalized spacial score (nSPS) is 9.69. The number of ether oxygens (including phenoxy) is 1. The van der Waals surface area contributed by atoms with Crippen LogP contribution in [-0.2, 0) is 11.2 Å². The Morgan fingerprint density at radius 2 is 2.31 bits per heavy atom. The molecule has 2 N–H and O–H groups in total. The van der Waals surface area contributed by atoms with Crippen LogP contribution in [0.1, 0.15) is 5.56 Å². The van der Waals surface area contributed by atoms with E-state index < -0.39 is 0 Å². The molecular formula is C9H12NO2P. The Labute approximate surface area is 79.5 Å². The smallest absolute Gasteiger partial charge is 0.221 e. The summed E-state index contributed by atoms with van der Waals surface area (Å²) in [6.07, 6.45) is 0.269. The molecular weight excluding hydrogens is 185 g/mol. The first-order valence-electron chi connectivity index (χ1n) is 3.84. The molecule has 1 rings (SSSR count). The van der Waals surface area contributed by atoms with E-state index in [0.717, 1.165) is 16.6 Å². The minimum atomic E-state index is -0.324. The van der Waals surface area contributed by atoms with Crippen molar-refractivity contribution in [3.8, 4) is 5.75 Å². The van der Waals surface area contributed by atoms with E-state index in [-0.39, 0.29) is 12.3 Å². The second-order valence-electron chi connectivity index (χ2n) is 2.72. The summed E-state index contributed by atoms with van der Waals surface area (Å²) in [6, 6.07) is 5.52. The maximum Gasteiger partial charge on any atom is 0.221 e. The molecule has 0 heterocycles. The van der Waals surface area contributed by atoms with Gasteiger partial charge in [0.25, 0.3) is 0 Å². The average Bonchev–Trinajstić information content (AvgIpc) is 2.03. The third kappa shape index (κ3) is 2.71. The SMILES string of the molecule is COc1ccc(CC(N)=O)cc1P. The van der Waals surface area contributed by atoms with Crippen molar-refractivity contribution in [2.45, 2.75) is 6.42 Å². The molecule has 13 heavy (non-hydrogen) atoms. The van der Waals surface area contributed by atoms with E-state index in [2.05, 4.69) is 9.24 Å². The number of carbonyl (C=O) groups excluding carboxylic acids is 1. The molecule has 0 aliphatic carbocycles. The lowest BCUT2D eigenvalue weighted by Crippen LogP contribution is -2.14. The van der Waals surface area contributed by atoms with Crippen molar-refractivity contribution in [2.24, 2.45) is 5.73 Å². The van der Waals surface area contributed by atoms with E-state index >= 15 is 0 Å². The van der Waals surface area contributed by atoms with Gasteiger partial charge in [-0.25, -0.2) is 0 Å². The molecule has 0 bridgehead atoms. The lowest BCUT2D eigenvalue weighted by atomic mass is 10.1. The molecule has 1 atom stereocenters. The van der Waals surface area contributed by atoms with Gasteiger partial charge in [-0.15, -0.1) is 9.24 Å². The topological polar surface area (TPSA) is 52.3 Å². The third-order valence-electron chi connectivity index (χ3n) is 1.67. The van der Waals surface area contributed by atoms with Crippen LogP contribution >= 0.6 is 9.24 Å². The van der Waals surface area contributed by atoms with Gasteiger partial charge in [0.2, 0.25) is 5.91 Å². The number of methoxy groups -OCH3 is 1. The molecule has 70 valence electrons.